The summed E-state index contributed by atoms with van der Waals surface area (Å²) in [4.78, 5) is 12.1. The summed E-state index contributed by atoms with van der Waals surface area (Å²) in [5, 5.41) is 0. The normalized spacial score (nSPS) is 33.4. The lowest BCUT2D eigenvalue weighted by atomic mass is 9.70. The maximum absolute atomic E-state index is 12.1. The molecule has 2 atom stereocenters. The minimum Gasteiger partial charge on any atom is -0.374 e. The van der Waals surface area contributed by atoms with E-state index in [0.717, 1.165) is 32.1 Å². The maximum Gasteiger partial charge on any atom is 0.167 e. The summed E-state index contributed by atoms with van der Waals surface area (Å²) in [5.74, 6) is 0.333. The van der Waals surface area contributed by atoms with Gasteiger partial charge < -0.3 is 4.74 Å². The fraction of sp³-hybridized carbons (Fsp3) is 0.917. The standard InChI is InChI=1S/C12H22O2/c1-4-5-8-12(2)9-6-7-10(14-3)11(12)13/h10H,4-9H2,1-3H3/t10-,12-/m1/s1. The lowest BCUT2D eigenvalue weighted by Crippen LogP contribution is -2.41. The fourth-order valence-electron chi connectivity index (χ4n) is 2.36. The quantitative estimate of drug-likeness (QED) is 0.694. The first kappa shape index (κ1) is 11.7. The van der Waals surface area contributed by atoms with Gasteiger partial charge in [0.1, 0.15) is 6.10 Å². The van der Waals surface area contributed by atoms with E-state index in [2.05, 4.69) is 13.8 Å². The Morgan fingerprint density at radius 2 is 2.29 bits per heavy atom. The van der Waals surface area contributed by atoms with Crippen LogP contribution in [0.4, 0.5) is 0 Å². The molecule has 0 aromatic heterocycles. The molecule has 0 heterocycles. The molecule has 0 bridgehead atoms. The molecule has 14 heavy (non-hydrogen) atoms. The summed E-state index contributed by atoms with van der Waals surface area (Å²) in [7, 11) is 1.65. The van der Waals surface area contributed by atoms with Crippen molar-refractivity contribution in [1.29, 1.82) is 0 Å². The second-order valence-electron chi connectivity index (χ2n) is 4.65. The molecule has 0 aliphatic heterocycles. The average Bonchev–Trinajstić information content (AvgIpc) is 2.20. The number of unbranched alkanes of at least 4 members (excludes halogenated alkanes) is 1. The Balaban J connectivity index is 2.61. The number of ether oxygens (including phenoxy) is 1. The molecule has 1 aliphatic rings. The van der Waals surface area contributed by atoms with Gasteiger partial charge in [-0.15, -0.1) is 0 Å². The number of Topliss-reactive ketones (excluding diaryl/α,β-unsaturated/α-hetero) is 1. The Kier molecular flexibility index (Phi) is 4.11. The third-order valence-electron chi connectivity index (χ3n) is 3.45. The molecule has 0 amide bonds. The molecule has 82 valence electrons. The smallest absolute Gasteiger partial charge is 0.167 e. The van der Waals surface area contributed by atoms with Crippen molar-refractivity contribution in [3.8, 4) is 0 Å². The number of carbonyl (C=O) groups excluding carboxylic acids is 1. The molecule has 0 unspecified atom stereocenters. The molecule has 1 fully saturated rings. The number of hydrogen-bond donors (Lipinski definition) is 0. The van der Waals surface area contributed by atoms with Gasteiger partial charge in [-0.05, 0) is 25.7 Å². The molecule has 0 aromatic rings. The van der Waals surface area contributed by atoms with Crippen LogP contribution in [-0.2, 0) is 9.53 Å². The van der Waals surface area contributed by atoms with E-state index in [9.17, 15) is 4.79 Å². The van der Waals surface area contributed by atoms with E-state index in [4.69, 9.17) is 4.74 Å². The summed E-state index contributed by atoms with van der Waals surface area (Å²) < 4.78 is 5.23. The van der Waals surface area contributed by atoms with Crippen LogP contribution in [0.1, 0.15) is 52.4 Å². The second kappa shape index (κ2) is 4.92. The van der Waals surface area contributed by atoms with Crippen molar-refractivity contribution in [3.63, 3.8) is 0 Å². The van der Waals surface area contributed by atoms with Gasteiger partial charge in [0.15, 0.2) is 5.78 Å². The largest absolute Gasteiger partial charge is 0.374 e. The summed E-state index contributed by atoms with van der Waals surface area (Å²) in [6.07, 6.45) is 6.31. The number of carbonyl (C=O) groups is 1. The zero-order valence-corrected chi connectivity index (χ0v) is 9.64. The highest BCUT2D eigenvalue weighted by Gasteiger charge is 2.40. The molecule has 0 saturated heterocycles. The van der Waals surface area contributed by atoms with Crippen LogP contribution in [0.15, 0.2) is 0 Å². The molecule has 1 aliphatic carbocycles. The van der Waals surface area contributed by atoms with Crippen molar-refractivity contribution in [2.75, 3.05) is 7.11 Å². The Morgan fingerprint density at radius 1 is 1.57 bits per heavy atom. The molecule has 0 radical (unpaired) electrons. The van der Waals surface area contributed by atoms with Crippen molar-refractivity contribution in [3.05, 3.63) is 0 Å². The first-order chi connectivity index (χ1) is 6.64. The number of methoxy groups -OCH3 is 1. The number of ketones is 1. The van der Waals surface area contributed by atoms with Crippen LogP contribution in [0.3, 0.4) is 0 Å². The molecule has 2 heteroatoms. The van der Waals surface area contributed by atoms with E-state index in [1.807, 2.05) is 0 Å². The first-order valence-corrected chi connectivity index (χ1v) is 5.71. The van der Waals surface area contributed by atoms with Crippen molar-refractivity contribution in [2.45, 2.75) is 58.5 Å². The predicted octanol–water partition coefficient (Wildman–Crippen LogP) is 2.95. The van der Waals surface area contributed by atoms with Gasteiger partial charge in [0, 0.05) is 12.5 Å². The topological polar surface area (TPSA) is 26.3 Å². The highest BCUT2D eigenvalue weighted by molar-refractivity contribution is 5.89. The van der Waals surface area contributed by atoms with Crippen molar-refractivity contribution >= 4 is 5.78 Å². The summed E-state index contributed by atoms with van der Waals surface area (Å²) in [6, 6.07) is 0. The lowest BCUT2D eigenvalue weighted by Gasteiger charge is -2.36. The molecule has 0 aromatic carbocycles. The van der Waals surface area contributed by atoms with Crippen molar-refractivity contribution < 1.29 is 9.53 Å². The maximum atomic E-state index is 12.1. The van der Waals surface area contributed by atoms with Gasteiger partial charge in [-0.3, -0.25) is 4.79 Å². The zero-order chi connectivity index (χ0) is 10.6. The van der Waals surface area contributed by atoms with E-state index < -0.39 is 0 Å². The minimum atomic E-state index is -0.134. The Labute approximate surface area is 87.0 Å². The van der Waals surface area contributed by atoms with Crippen LogP contribution in [0.25, 0.3) is 0 Å². The monoisotopic (exact) mass is 198 g/mol. The summed E-state index contributed by atoms with van der Waals surface area (Å²) in [6.45, 7) is 4.28. The van der Waals surface area contributed by atoms with Crippen LogP contribution in [0.2, 0.25) is 0 Å². The molecule has 0 N–H and O–H groups in total. The van der Waals surface area contributed by atoms with Gasteiger partial charge in [0.25, 0.3) is 0 Å². The SMILES string of the molecule is CCCC[C@]1(C)CCC[C@@H](OC)C1=O. The van der Waals surface area contributed by atoms with Crippen LogP contribution in [0.5, 0.6) is 0 Å². The molecule has 2 nitrogen and oxygen atoms in total. The van der Waals surface area contributed by atoms with Crippen LogP contribution in [0, 0.1) is 5.41 Å². The Morgan fingerprint density at radius 3 is 2.86 bits per heavy atom. The van der Waals surface area contributed by atoms with Crippen LogP contribution in [-0.4, -0.2) is 19.0 Å². The van der Waals surface area contributed by atoms with Gasteiger partial charge in [-0.25, -0.2) is 0 Å². The molecular formula is C12H22O2. The molecular weight excluding hydrogens is 176 g/mol. The fourth-order valence-corrected chi connectivity index (χ4v) is 2.36. The first-order valence-electron chi connectivity index (χ1n) is 5.71. The van der Waals surface area contributed by atoms with Gasteiger partial charge in [-0.1, -0.05) is 26.7 Å². The lowest BCUT2D eigenvalue weighted by molar-refractivity contribution is -0.143. The van der Waals surface area contributed by atoms with Crippen molar-refractivity contribution in [2.24, 2.45) is 5.41 Å². The van der Waals surface area contributed by atoms with E-state index in [-0.39, 0.29) is 11.5 Å². The summed E-state index contributed by atoms with van der Waals surface area (Å²) >= 11 is 0. The Bertz CT molecular complexity index is 200. The summed E-state index contributed by atoms with van der Waals surface area (Å²) in [5.41, 5.74) is -0.102. The predicted molar refractivity (Wildman–Crippen MR) is 57.3 cm³/mol. The second-order valence-corrected chi connectivity index (χ2v) is 4.65. The number of hydrogen-bond acceptors (Lipinski definition) is 2. The van der Waals surface area contributed by atoms with Gasteiger partial charge >= 0.3 is 0 Å². The van der Waals surface area contributed by atoms with Gasteiger partial charge in [0.2, 0.25) is 0 Å². The highest BCUT2D eigenvalue weighted by Crippen LogP contribution is 2.38. The third kappa shape index (κ3) is 2.35. The number of rotatable bonds is 4. The van der Waals surface area contributed by atoms with Gasteiger partial charge in [0.05, 0.1) is 0 Å². The van der Waals surface area contributed by atoms with E-state index in [0.29, 0.717) is 5.78 Å². The molecule has 1 rings (SSSR count). The van der Waals surface area contributed by atoms with E-state index >= 15 is 0 Å². The van der Waals surface area contributed by atoms with E-state index in [1.165, 1.54) is 6.42 Å². The van der Waals surface area contributed by atoms with Crippen LogP contribution >= 0.6 is 0 Å². The zero-order valence-electron chi connectivity index (χ0n) is 9.64. The average molecular weight is 198 g/mol. The van der Waals surface area contributed by atoms with Crippen LogP contribution < -0.4 is 0 Å². The third-order valence-corrected chi connectivity index (χ3v) is 3.45. The van der Waals surface area contributed by atoms with E-state index in [1.54, 1.807) is 7.11 Å². The Hall–Kier alpha value is -0.370. The van der Waals surface area contributed by atoms with Crippen molar-refractivity contribution in [1.82, 2.24) is 0 Å². The molecule has 1 saturated carbocycles. The molecule has 0 spiro atoms. The minimum absolute atomic E-state index is 0.102. The highest BCUT2D eigenvalue weighted by atomic mass is 16.5. The van der Waals surface area contributed by atoms with Gasteiger partial charge in [-0.2, -0.15) is 0 Å².